The molecule has 0 aromatic carbocycles. The second kappa shape index (κ2) is 5.27. The molecule has 1 aliphatic rings. The second-order valence-corrected chi connectivity index (χ2v) is 6.45. The highest BCUT2D eigenvalue weighted by molar-refractivity contribution is 7.89. The van der Waals surface area contributed by atoms with Crippen LogP contribution in [0.5, 0.6) is 0 Å². The molecule has 0 amide bonds. The van der Waals surface area contributed by atoms with Crippen molar-refractivity contribution in [3.05, 3.63) is 0 Å². The van der Waals surface area contributed by atoms with Crippen LogP contribution in [0.3, 0.4) is 0 Å². The third-order valence-corrected chi connectivity index (χ3v) is 5.22. The van der Waals surface area contributed by atoms with Crippen molar-refractivity contribution in [3.8, 4) is 0 Å². The zero-order chi connectivity index (χ0) is 11.5. The lowest BCUT2D eigenvalue weighted by Crippen LogP contribution is -2.47. The molecule has 2 atom stereocenters. The van der Waals surface area contributed by atoms with Crippen molar-refractivity contribution in [1.29, 1.82) is 0 Å². The zero-order valence-electron chi connectivity index (χ0n) is 9.65. The molecule has 90 valence electrons. The smallest absolute Gasteiger partial charge is 0.214 e. The fourth-order valence-electron chi connectivity index (χ4n) is 2.10. The van der Waals surface area contributed by atoms with Crippen LogP contribution in [0, 0.1) is 5.92 Å². The van der Waals surface area contributed by atoms with Gasteiger partial charge in [0.25, 0.3) is 0 Å². The summed E-state index contributed by atoms with van der Waals surface area (Å²) in [4.78, 5) is 0. The van der Waals surface area contributed by atoms with Gasteiger partial charge >= 0.3 is 0 Å². The van der Waals surface area contributed by atoms with Crippen LogP contribution in [-0.4, -0.2) is 37.6 Å². The van der Waals surface area contributed by atoms with E-state index in [1.54, 1.807) is 4.31 Å². The molecule has 0 saturated carbocycles. The summed E-state index contributed by atoms with van der Waals surface area (Å²) in [6.07, 6.45) is 2.67. The van der Waals surface area contributed by atoms with E-state index in [-0.39, 0.29) is 11.8 Å². The maximum Gasteiger partial charge on any atom is 0.214 e. The van der Waals surface area contributed by atoms with Gasteiger partial charge in [-0.3, -0.25) is 0 Å². The lowest BCUT2D eigenvalue weighted by atomic mass is 9.96. The zero-order valence-corrected chi connectivity index (χ0v) is 10.5. The highest BCUT2D eigenvalue weighted by Crippen LogP contribution is 2.24. The van der Waals surface area contributed by atoms with Crippen LogP contribution in [0.4, 0.5) is 0 Å². The predicted octanol–water partition coefficient (Wildman–Crippen LogP) is 0.785. The Balaban J connectivity index is 2.73. The summed E-state index contributed by atoms with van der Waals surface area (Å²) < 4.78 is 25.5. The number of sulfonamides is 1. The average Bonchev–Trinajstić information content (AvgIpc) is 2.18. The molecule has 2 unspecified atom stereocenters. The summed E-state index contributed by atoms with van der Waals surface area (Å²) in [7, 11) is -3.05. The SMILES string of the molecule is CCCS(=O)(=O)N1CC(CN)CCC1C. The van der Waals surface area contributed by atoms with E-state index < -0.39 is 10.0 Å². The Kier molecular flexibility index (Phi) is 4.55. The van der Waals surface area contributed by atoms with Crippen molar-refractivity contribution in [1.82, 2.24) is 4.31 Å². The van der Waals surface area contributed by atoms with Crippen molar-refractivity contribution in [3.63, 3.8) is 0 Å². The first-order valence-corrected chi connectivity index (χ1v) is 7.31. The van der Waals surface area contributed by atoms with Crippen LogP contribution in [-0.2, 0) is 10.0 Å². The summed E-state index contributed by atoms with van der Waals surface area (Å²) in [5, 5.41) is 0. The van der Waals surface area contributed by atoms with E-state index in [9.17, 15) is 8.42 Å². The molecule has 0 spiro atoms. The molecule has 0 aromatic heterocycles. The molecule has 4 nitrogen and oxygen atoms in total. The number of nitrogens with zero attached hydrogens (tertiary/aromatic N) is 1. The topological polar surface area (TPSA) is 63.4 Å². The van der Waals surface area contributed by atoms with Crippen LogP contribution in [0.1, 0.15) is 33.1 Å². The number of hydrogen-bond acceptors (Lipinski definition) is 3. The number of hydrogen-bond donors (Lipinski definition) is 1. The van der Waals surface area contributed by atoms with E-state index in [0.717, 1.165) is 12.8 Å². The Hall–Kier alpha value is -0.130. The molecular formula is C10H22N2O2S. The first-order chi connectivity index (χ1) is 7.01. The maximum atomic E-state index is 11.9. The molecule has 5 heteroatoms. The van der Waals surface area contributed by atoms with Crippen LogP contribution in [0.2, 0.25) is 0 Å². The Labute approximate surface area is 92.9 Å². The van der Waals surface area contributed by atoms with Gasteiger partial charge in [-0.15, -0.1) is 0 Å². The molecule has 0 radical (unpaired) electrons. The van der Waals surface area contributed by atoms with Crippen molar-refractivity contribution >= 4 is 10.0 Å². The molecule has 1 fully saturated rings. The molecule has 1 rings (SSSR count). The molecule has 0 aromatic rings. The van der Waals surface area contributed by atoms with Crippen molar-refractivity contribution in [2.45, 2.75) is 39.2 Å². The molecule has 1 aliphatic heterocycles. The fourth-order valence-corrected chi connectivity index (χ4v) is 3.94. The quantitative estimate of drug-likeness (QED) is 0.782. The van der Waals surface area contributed by atoms with Crippen LogP contribution >= 0.6 is 0 Å². The summed E-state index contributed by atoms with van der Waals surface area (Å²) in [5.74, 6) is 0.599. The first-order valence-electron chi connectivity index (χ1n) is 5.70. The van der Waals surface area contributed by atoms with Gasteiger partial charge in [0.2, 0.25) is 10.0 Å². The third-order valence-electron chi connectivity index (χ3n) is 3.08. The molecule has 0 bridgehead atoms. The minimum Gasteiger partial charge on any atom is -0.330 e. The Morgan fingerprint density at radius 3 is 2.60 bits per heavy atom. The lowest BCUT2D eigenvalue weighted by molar-refractivity contribution is 0.211. The summed E-state index contributed by atoms with van der Waals surface area (Å²) in [6, 6.07) is 0.143. The van der Waals surface area contributed by atoms with Gasteiger partial charge in [0.15, 0.2) is 0 Å². The van der Waals surface area contributed by atoms with Crippen molar-refractivity contribution < 1.29 is 8.42 Å². The first kappa shape index (κ1) is 12.9. The van der Waals surface area contributed by atoms with Crippen molar-refractivity contribution in [2.24, 2.45) is 11.7 Å². The van der Waals surface area contributed by atoms with Gasteiger partial charge in [0.1, 0.15) is 0 Å². The highest BCUT2D eigenvalue weighted by atomic mass is 32.2. The van der Waals surface area contributed by atoms with Gasteiger partial charge in [-0.1, -0.05) is 6.92 Å². The molecule has 15 heavy (non-hydrogen) atoms. The molecule has 0 aliphatic carbocycles. The Bertz CT molecular complexity index is 290. The Morgan fingerprint density at radius 2 is 2.07 bits per heavy atom. The molecule has 1 saturated heterocycles. The predicted molar refractivity (Wildman–Crippen MR) is 62.0 cm³/mol. The monoisotopic (exact) mass is 234 g/mol. The van der Waals surface area contributed by atoms with E-state index in [2.05, 4.69) is 0 Å². The van der Waals surface area contributed by atoms with E-state index in [0.29, 0.717) is 25.4 Å². The fraction of sp³-hybridized carbons (Fsp3) is 1.00. The Morgan fingerprint density at radius 1 is 1.40 bits per heavy atom. The summed E-state index contributed by atoms with van der Waals surface area (Å²) >= 11 is 0. The minimum atomic E-state index is -3.05. The molecule has 1 heterocycles. The minimum absolute atomic E-state index is 0.143. The van der Waals surface area contributed by atoms with Crippen LogP contribution in [0.15, 0.2) is 0 Å². The third kappa shape index (κ3) is 3.16. The average molecular weight is 234 g/mol. The second-order valence-electron chi connectivity index (χ2n) is 4.41. The highest BCUT2D eigenvalue weighted by Gasteiger charge is 2.32. The normalized spacial score (nSPS) is 29.3. The van der Waals surface area contributed by atoms with Gasteiger partial charge in [-0.2, -0.15) is 4.31 Å². The van der Waals surface area contributed by atoms with Crippen molar-refractivity contribution in [2.75, 3.05) is 18.8 Å². The molecule has 2 N–H and O–H groups in total. The molecular weight excluding hydrogens is 212 g/mol. The summed E-state index contributed by atoms with van der Waals surface area (Å²) in [5.41, 5.74) is 5.61. The van der Waals surface area contributed by atoms with Gasteiger partial charge in [-0.25, -0.2) is 8.42 Å². The van der Waals surface area contributed by atoms with E-state index in [1.807, 2.05) is 13.8 Å². The number of piperidine rings is 1. The number of rotatable bonds is 4. The van der Waals surface area contributed by atoms with Gasteiger partial charge in [0.05, 0.1) is 5.75 Å². The number of nitrogens with two attached hydrogens (primary N) is 1. The van der Waals surface area contributed by atoms with E-state index in [1.165, 1.54) is 0 Å². The standard InChI is InChI=1S/C10H22N2O2S/c1-3-6-15(13,14)12-8-10(7-11)5-4-9(12)2/h9-10H,3-8,11H2,1-2H3. The van der Waals surface area contributed by atoms with Crippen LogP contribution < -0.4 is 5.73 Å². The van der Waals surface area contributed by atoms with Crippen LogP contribution in [0.25, 0.3) is 0 Å². The van der Waals surface area contributed by atoms with Gasteiger partial charge in [-0.05, 0) is 38.6 Å². The lowest BCUT2D eigenvalue weighted by Gasteiger charge is -2.36. The van der Waals surface area contributed by atoms with Gasteiger partial charge < -0.3 is 5.73 Å². The maximum absolute atomic E-state index is 11.9. The van der Waals surface area contributed by atoms with Gasteiger partial charge in [0, 0.05) is 12.6 Å². The van der Waals surface area contributed by atoms with E-state index >= 15 is 0 Å². The van der Waals surface area contributed by atoms with E-state index in [4.69, 9.17) is 5.73 Å². The largest absolute Gasteiger partial charge is 0.330 e. The summed E-state index contributed by atoms with van der Waals surface area (Å²) in [6.45, 7) is 5.08.